The van der Waals surface area contributed by atoms with Gasteiger partial charge in [0.05, 0.1) is 12.2 Å². The highest BCUT2D eigenvalue weighted by molar-refractivity contribution is 7.16. The summed E-state index contributed by atoms with van der Waals surface area (Å²) in [5.41, 5.74) is 0.0630. The van der Waals surface area contributed by atoms with Crippen LogP contribution in [0.15, 0.2) is 0 Å². The van der Waals surface area contributed by atoms with Crippen molar-refractivity contribution in [3.63, 3.8) is 0 Å². The topological polar surface area (TPSA) is 131 Å². The van der Waals surface area contributed by atoms with Crippen molar-refractivity contribution in [1.29, 1.82) is 0 Å². The number of ether oxygens (including phenoxy) is 2. The van der Waals surface area contributed by atoms with E-state index in [2.05, 4.69) is 10.6 Å². The Morgan fingerprint density at radius 3 is 2.48 bits per heavy atom. The Morgan fingerprint density at radius 1 is 1.16 bits per heavy atom. The van der Waals surface area contributed by atoms with E-state index < -0.39 is 48.5 Å². The molecule has 4 amide bonds. The fourth-order valence-electron chi connectivity index (χ4n) is 3.78. The molecule has 0 atom stereocenters. The summed E-state index contributed by atoms with van der Waals surface area (Å²) in [7, 11) is 0. The maximum absolute atomic E-state index is 12.6. The molecule has 0 bridgehead atoms. The number of esters is 2. The molecule has 0 radical (unpaired) electrons. The van der Waals surface area contributed by atoms with Gasteiger partial charge in [0, 0.05) is 4.88 Å². The van der Waals surface area contributed by atoms with E-state index in [0.717, 1.165) is 22.6 Å². The summed E-state index contributed by atoms with van der Waals surface area (Å²) in [4.78, 5) is 62.9. The van der Waals surface area contributed by atoms with E-state index in [-0.39, 0.29) is 12.2 Å². The van der Waals surface area contributed by atoms with Crippen LogP contribution in [-0.4, -0.2) is 60.0 Å². The molecular formula is C20H25N3O7S. The highest BCUT2D eigenvalue weighted by Gasteiger charge is 2.52. The van der Waals surface area contributed by atoms with Crippen molar-refractivity contribution >= 4 is 46.1 Å². The van der Waals surface area contributed by atoms with Gasteiger partial charge in [-0.15, -0.1) is 11.3 Å². The molecule has 1 saturated carbocycles. The van der Waals surface area contributed by atoms with E-state index in [1.54, 1.807) is 13.8 Å². The summed E-state index contributed by atoms with van der Waals surface area (Å²) in [5.74, 6) is -2.50. The first-order valence-corrected chi connectivity index (χ1v) is 10.9. The number of urea groups is 1. The summed E-state index contributed by atoms with van der Waals surface area (Å²) in [5, 5.41) is 5.55. The second kappa shape index (κ2) is 9.04. The first-order chi connectivity index (χ1) is 14.7. The average molecular weight is 452 g/mol. The van der Waals surface area contributed by atoms with Gasteiger partial charge in [0.1, 0.15) is 17.1 Å². The van der Waals surface area contributed by atoms with E-state index in [4.69, 9.17) is 9.47 Å². The van der Waals surface area contributed by atoms with Crippen LogP contribution in [0.25, 0.3) is 0 Å². The van der Waals surface area contributed by atoms with Crippen LogP contribution in [0, 0.1) is 13.8 Å². The van der Waals surface area contributed by atoms with E-state index in [1.807, 2.05) is 6.92 Å². The van der Waals surface area contributed by atoms with E-state index >= 15 is 0 Å². The minimum Gasteiger partial charge on any atom is -0.462 e. The van der Waals surface area contributed by atoms with Gasteiger partial charge in [-0.2, -0.15) is 0 Å². The molecular weight excluding hydrogens is 426 g/mol. The monoisotopic (exact) mass is 451 g/mol. The largest absolute Gasteiger partial charge is 0.462 e. The van der Waals surface area contributed by atoms with Gasteiger partial charge in [-0.1, -0.05) is 12.8 Å². The van der Waals surface area contributed by atoms with E-state index in [0.29, 0.717) is 23.4 Å². The summed E-state index contributed by atoms with van der Waals surface area (Å²) >= 11 is 1.22. The van der Waals surface area contributed by atoms with Gasteiger partial charge >= 0.3 is 18.0 Å². The van der Waals surface area contributed by atoms with Gasteiger partial charge in [-0.05, 0) is 39.2 Å². The highest BCUT2D eigenvalue weighted by atomic mass is 32.1. The van der Waals surface area contributed by atoms with Gasteiger partial charge in [-0.3, -0.25) is 19.3 Å². The minimum absolute atomic E-state index is 0.197. The predicted octanol–water partition coefficient (Wildman–Crippen LogP) is 1.89. The predicted molar refractivity (Wildman–Crippen MR) is 111 cm³/mol. The number of thiophene rings is 1. The molecule has 0 aromatic carbocycles. The lowest BCUT2D eigenvalue weighted by Crippen LogP contribution is -2.44. The van der Waals surface area contributed by atoms with Crippen molar-refractivity contribution in [3.05, 3.63) is 16.0 Å². The molecule has 1 aromatic rings. The number of carbonyl (C=O) groups is 5. The van der Waals surface area contributed by atoms with Crippen LogP contribution in [0.5, 0.6) is 0 Å². The molecule has 2 fully saturated rings. The molecule has 1 saturated heterocycles. The molecule has 10 nitrogen and oxygen atoms in total. The lowest BCUT2D eigenvalue weighted by atomic mass is 9.98. The number of aryl methyl sites for hydroxylation is 1. The van der Waals surface area contributed by atoms with E-state index in [1.165, 1.54) is 11.3 Å². The van der Waals surface area contributed by atoms with Crippen LogP contribution < -0.4 is 10.6 Å². The third kappa shape index (κ3) is 4.55. The molecule has 31 heavy (non-hydrogen) atoms. The Bertz CT molecular complexity index is 933. The number of carbonyl (C=O) groups excluding carboxylic acids is 5. The fourth-order valence-corrected chi connectivity index (χ4v) is 4.85. The number of hydrogen-bond donors (Lipinski definition) is 2. The molecule has 2 aliphatic rings. The maximum Gasteiger partial charge on any atom is 0.341 e. The molecule has 1 aromatic heterocycles. The van der Waals surface area contributed by atoms with Crippen LogP contribution in [0.3, 0.4) is 0 Å². The van der Waals surface area contributed by atoms with Crippen LogP contribution >= 0.6 is 11.3 Å². The lowest BCUT2D eigenvalue weighted by molar-refractivity contribution is -0.150. The number of rotatable bonds is 7. The summed E-state index contributed by atoms with van der Waals surface area (Å²) in [6.07, 6.45) is 2.77. The quantitative estimate of drug-likeness (QED) is 0.478. The maximum atomic E-state index is 12.6. The van der Waals surface area contributed by atoms with Crippen molar-refractivity contribution in [2.45, 2.75) is 52.0 Å². The first-order valence-electron chi connectivity index (χ1n) is 10.0. The van der Waals surface area contributed by atoms with Crippen LogP contribution in [0.4, 0.5) is 9.80 Å². The zero-order chi connectivity index (χ0) is 22.8. The zero-order valence-corrected chi connectivity index (χ0v) is 18.5. The molecule has 0 unspecified atom stereocenters. The molecule has 3 rings (SSSR count). The lowest BCUT2D eigenvalue weighted by Gasteiger charge is -2.19. The molecule has 168 valence electrons. The van der Waals surface area contributed by atoms with E-state index in [9.17, 15) is 24.0 Å². The van der Waals surface area contributed by atoms with Gasteiger partial charge < -0.3 is 20.1 Å². The number of imide groups is 1. The Labute approximate surface area is 183 Å². The molecule has 1 spiro atoms. The normalized spacial score (nSPS) is 17.1. The molecule has 2 N–H and O–H groups in total. The number of amides is 4. The fraction of sp³-hybridized carbons (Fsp3) is 0.550. The van der Waals surface area contributed by atoms with Crippen molar-refractivity contribution in [2.24, 2.45) is 0 Å². The smallest absolute Gasteiger partial charge is 0.341 e. The molecule has 2 heterocycles. The van der Waals surface area contributed by atoms with Crippen LogP contribution in [0.2, 0.25) is 0 Å². The Morgan fingerprint density at radius 2 is 1.84 bits per heavy atom. The third-order valence-corrected chi connectivity index (χ3v) is 6.59. The second-order valence-electron chi connectivity index (χ2n) is 7.53. The number of hydrogen-bond acceptors (Lipinski definition) is 8. The van der Waals surface area contributed by atoms with Crippen molar-refractivity contribution in [2.75, 3.05) is 25.1 Å². The van der Waals surface area contributed by atoms with Crippen LogP contribution in [0.1, 0.15) is 53.4 Å². The number of nitrogens with zero attached hydrogens (tertiary/aromatic N) is 1. The van der Waals surface area contributed by atoms with Crippen molar-refractivity contribution in [1.82, 2.24) is 10.2 Å². The standard InChI is InChI=1S/C20H25N3O7S/c1-4-29-17(26)15-11(2)12(3)31-16(15)21-13(24)10-30-14(25)9-23-18(27)20(22-19(23)28)7-5-6-8-20/h4-10H2,1-3H3,(H,21,24)(H,22,28). The highest BCUT2D eigenvalue weighted by Crippen LogP contribution is 2.35. The van der Waals surface area contributed by atoms with Crippen molar-refractivity contribution < 1.29 is 33.4 Å². The molecule has 1 aliphatic heterocycles. The summed E-state index contributed by atoms with van der Waals surface area (Å²) in [6, 6.07) is -0.628. The Hall–Kier alpha value is -2.95. The first kappa shape index (κ1) is 22.7. The van der Waals surface area contributed by atoms with Gasteiger partial charge in [0.15, 0.2) is 6.61 Å². The summed E-state index contributed by atoms with van der Waals surface area (Å²) in [6.45, 7) is 4.26. The third-order valence-electron chi connectivity index (χ3n) is 5.47. The SMILES string of the molecule is CCOC(=O)c1c(NC(=O)COC(=O)CN2C(=O)NC3(CCCC3)C2=O)sc(C)c1C. The van der Waals surface area contributed by atoms with Crippen LogP contribution in [-0.2, 0) is 23.9 Å². The summed E-state index contributed by atoms with van der Waals surface area (Å²) < 4.78 is 9.97. The average Bonchev–Trinajstić information content (AvgIpc) is 3.35. The van der Waals surface area contributed by atoms with Gasteiger partial charge in [-0.25, -0.2) is 9.59 Å². The number of nitrogens with one attached hydrogen (secondary N) is 2. The molecule has 11 heteroatoms. The van der Waals surface area contributed by atoms with Crippen molar-refractivity contribution in [3.8, 4) is 0 Å². The number of anilines is 1. The zero-order valence-electron chi connectivity index (χ0n) is 17.7. The Kier molecular flexibility index (Phi) is 6.63. The van der Waals surface area contributed by atoms with Gasteiger partial charge in [0.25, 0.3) is 11.8 Å². The second-order valence-corrected chi connectivity index (χ2v) is 8.75. The Balaban J connectivity index is 1.55. The minimum atomic E-state index is -0.910. The molecule has 1 aliphatic carbocycles. The van der Waals surface area contributed by atoms with Gasteiger partial charge in [0.2, 0.25) is 0 Å².